The SMILES string of the molecule is CN(C)CCCNC(=S)Nc1ccc(CC#N)cc1. The number of nitriles is 1. The summed E-state index contributed by atoms with van der Waals surface area (Å²) >= 11 is 5.21. The number of anilines is 1. The van der Waals surface area contributed by atoms with Gasteiger partial charge in [0.25, 0.3) is 0 Å². The highest BCUT2D eigenvalue weighted by Crippen LogP contribution is 2.09. The second kappa shape index (κ2) is 8.46. The van der Waals surface area contributed by atoms with Gasteiger partial charge >= 0.3 is 0 Å². The summed E-state index contributed by atoms with van der Waals surface area (Å²) in [5.41, 5.74) is 1.95. The molecule has 5 heteroatoms. The van der Waals surface area contributed by atoms with Gasteiger partial charge in [-0.05, 0) is 57.0 Å². The molecule has 0 aromatic heterocycles. The van der Waals surface area contributed by atoms with Gasteiger partial charge in [-0.1, -0.05) is 12.1 Å². The van der Waals surface area contributed by atoms with Crippen LogP contribution in [0.2, 0.25) is 0 Å². The van der Waals surface area contributed by atoms with E-state index in [1.165, 1.54) is 0 Å². The number of nitrogens with zero attached hydrogens (tertiary/aromatic N) is 2. The molecular formula is C14H20N4S. The largest absolute Gasteiger partial charge is 0.362 e. The minimum Gasteiger partial charge on any atom is -0.362 e. The van der Waals surface area contributed by atoms with E-state index in [-0.39, 0.29) is 0 Å². The summed E-state index contributed by atoms with van der Waals surface area (Å²) in [6.07, 6.45) is 1.49. The van der Waals surface area contributed by atoms with Crippen molar-refractivity contribution in [1.82, 2.24) is 10.2 Å². The van der Waals surface area contributed by atoms with Crippen molar-refractivity contribution >= 4 is 23.0 Å². The number of benzene rings is 1. The van der Waals surface area contributed by atoms with E-state index in [1.807, 2.05) is 24.3 Å². The Labute approximate surface area is 120 Å². The first-order valence-electron chi connectivity index (χ1n) is 6.27. The van der Waals surface area contributed by atoms with Gasteiger partial charge in [0.15, 0.2) is 5.11 Å². The lowest BCUT2D eigenvalue weighted by atomic mass is 10.1. The second-order valence-electron chi connectivity index (χ2n) is 4.57. The van der Waals surface area contributed by atoms with Crippen LogP contribution in [0.5, 0.6) is 0 Å². The first kappa shape index (κ1) is 15.4. The molecular weight excluding hydrogens is 256 g/mol. The predicted octanol–water partition coefficient (Wildman–Crippen LogP) is 1.99. The van der Waals surface area contributed by atoms with Crippen LogP contribution in [0.4, 0.5) is 5.69 Å². The maximum absolute atomic E-state index is 8.59. The summed E-state index contributed by atoms with van der Waals surface area (Å²) in [7, 11) is 4.11. The summed E-state index contributed by atoms with van der Waals surface area (Å²) in [6.45, 7) is 1.90. The van der Waals surface area contributed by atoms with Gasteiger partial charge in [0.05, 0.1) is 12.5 Å². The Bertz CT molecular complexity index is 434. The fourth-order valence-corrected chi connectivity index (χ4v) is 1.79. The van der Waals surface area contributed by atoms with Crippen molar-refractivity contribution in [3.63, 3.8) is 0 Å². The van der Waals surface area contributed by atoms with Gasteiger partial charge in [-0.25, -0.2) is 0 Å². The molecule has 0 atom stereocenters. The van der Waals surface area contributed by atoms with E-state index in [9.17, 15) is 0 Å². The quantitative estimate of drug-likeness (QED) is 0.615. The standard InChI is InChI=1S/C14H20N4S/c1-18(2)11-3-10-16-14(19)17-13-6-4-12(5-7-13)8-9-15/h4-7H,3,8,10-11H2,1-2H3,(H2,16,17,19). The summed E-state index contributed by atoms with van der Waals surface area (Å²) in [6, 6.07) is 9.85. The molecule has 19 heavy (non-hydrogen) atoms. The zero-order chi connectivity index (χ0) is 14.1. The summed E-state index contributed by atoms with van der Waals surface area (Å²) in [4.78, 5) is 2.14. The van der Waals surface area contributed by atoms with Crippen LogP contribution in [0.1, 0.15) is 12.0 Å². The first-order chi connectivity index (χ1) is 9.11. The van der Waals surface area contributed by atoms with Crippen LogP contribution in [0.25, 0.3) is 0 Å². The molecule has 0 radical (unpaired) electrons. The molecule has 0 saturated heterocycles. The Morgan fingerprint density at radius 3 is 2.58 bits per heavy atom. The Morgan fingerprint density at radius 2 is 2.00 bits per heavy atom. The average Bonchev–Trinajstić information content (AvgIpc) is 2.37. The fourth-order valence-electron chi connectivity index (χ4n) is 1.57. The van der Waals surface area contributed by atoms with Gasteiger partial charge in [0.2, 0.25) is 0 Å². The second-order valence-corrected chi connectivity index (χ2v) is 4.98. The van der Waals surface area contributed by atoms with Crippen LogP contribution in [0, 0.1) is 11.3 Å². The van der Waals surface area contributed by atoms with E-state index in [2.05, 4.69) is 35.7 Å². The molecule has 0 fully saturated rings. The number of nitrogens with one attached hydrogen (secondary N) is 2. The van der Waals surface area contributed by atoms with Crippen molar-refractivity contribution in [2.24, 2.45) is 0 Å². The maximum atomic E-state index is 8.59. The molecule has 0 aliphatic rings. The van der Waals surface area contributed by atoms with Crippen LogP contribution in [0.3, 0.4) is 0 Å². The Balaban J connectivity index is 2.30. The van der Waals surface area contributed by atoms with Crippen LogP contribution in [-0.2, 0) is 6.42 Å². The van der Waals surface area contributed by atoms with E-state index in [0.29, 0.717) is 11.5 Å². The average molecular weight is 276 g/mol. The molecule has 0 bridgehead atoms. The topological polar surface area (TPSA) is 51.1 Å². The zero-order valence-corrected chi connectivity index (χ0v) is 12.3. The summed E-state index contributed by atoms with van der Waals surface area (Å²) in [5, 5.41) is 15.5. The molecule has 4 nitrogen and oxygen atoms in total. The van der Waals surface area contributed by atoms with E-state index in [1.54, 1.807) is 0 Å². The van der Waals surface area contributed by atoms with E-state index >= 15 is 0 Å². The number of hydrogen-bond acceptors (Lipinski definition) is 3. The first-order valence-corrected chi connectivity index (χ1v) is 6.68. The molecule has 0 heterocycles. The molecule has 1 rings (SSSR count). The molecule has 0 aliphatic carbocycles. The predicted molar refractivity (Wildman–Crippen MR) is 83.2 cm³/mol. The molecule has 0 amide bonds. The molecule has 0 unspecified atom stereocenters. The number of thiocarbonyl (C=S) groups is 1. The lowest BCUT2D eigenvalue weighted by Crippen LogP contribution is -2.30. The van der Waals surface area contributed by atoms with E-state index < -0.39 is 0 Å². The lowest BCUT2D eigenvalue weighted by molar-refractivity contribution is 0.400. The van der Waals surface area contributed by atoms with Crippen molar-refractivity contribution in [3.05, 3.63) is 29.8 Å². The van der Waals surface area contributed by atoms with Crippen molar-refractivity contribution in [3.8, 4) is 6.07 Å². The minimum atomic E-state index is 0.438. The van der Waals surface area contributed by atoms with E-state index in [0.717, 1.165) is 30.8 Å². The van der Waals surface area contributed by atoms with Crippen molar-refractivity contribution < 1.29 is 0 Å². The molecule has 0 spiro atoms. The molecule has 1 aromatic carbocycles. The van der Waals surface area contributed by atoms with E-state index in [4.69, 9.17) is 17.5 Å². The van der Waals surface area contributed by atoms with Gasteiger partial charge in [-0.15, -0.1) is 0 Å². The highest BCUT2D eigenvalue weighted by Gasteiger charge is 1.98. The molecule has 0 saturated carbocycles. The summed E-state index contributed by atoms with van der Waals surface area (Å²) in [5.74, 6) is 0. The lowest BCUT2D eigenvalue weighted by Gasteiger charge is -2.12. The Morgan fingerprint density at radius 1 is 1.32 bits per heavy atom. The smallest absolute Gasteiger partial charge is 0.170 e. The third-order valence-electron chi connectivity index (χ3n) is 2.56. The van der Waals surface area contributed by atoms with Crippen molar-refractivity contribution in [1.29, 1.82) is 5.26 Å². The molecule has 1 aromatic rings. The zero-order valence-electron chi connectivity index (χ0n) is 11.4. The van der Waals surface area contributed by atoms with Gasteiger partial charge in [-0.3, -0.25) is 0 Å². The maximum Gasteiger partial charge on any atom is 0.170 e. The van der Waals surface area contributed by atoms with Crippen LogP contribution in [0.15, 0.2) is 24.3 Å². The van der Waals surface area contributed by atoms with Crippen molar-refractivity contribution in [2.75, 3.05) is 32.5 Å². The highest BCUT2D eigenvalue weighted by atomic mass is 32.1. The van der Waals surface area contributed by atoms with Crippen LogP contribution >= 0.6 is 12.2 Å². The van der Waals surface area contributed by atoms with Gasteiger partial charge in [-0.2, -0.15) is 5.26 Å². The van der Waals surface area contributed by atoms with Crippen LogP contribution in [-0.4, -0.2) is 37.2 Å². The van der Waals surface area contributed by atoms with Crippen LogP contribution < -0.4 is 10.6 Å². The third kappa shape index (κ3) is 6.75. The van der Waals surface area contributed by atoms with Crippen molar-refractivity contribution in [2.45, 2.75) is 12.8 Å². The van der Waals surface area contributed by atoms with Gasteiger partial charge < -0.3 is 15.5 Å². The molecule has 2 N–H and O–H groups in total. The van der Waals surface area contributed by atoms with Gasteiger partial charge in [0, 0.05) is 12.2 Å². The molecule has 102 valence electrons. The third-order valence-corrected chi connectivity index (χ3v) is 2.81. The minimum absolute atomic E-state index is 0.438. The molecule has 0 aliphatic heterocycles. The summed E-state index contributed by atoms with van der Waals surface area (Å²) < 4.78 is 0. The van der Waals surface area contributed by atoms with Gasteiger partial charge in [0.1, 0.15) is 0 Å². The normalized spacial score (nSPS) is 10.0. The monoisotopic (exact) mass is 276 g/mol. The number of rotatable bonds is 6. The Hall–Kier alpha value is -1.64. The Kier molecular flexibility index (Phi) is 6.86. The number of hydrogen-bond donors (Lipinski definition) is 2. The highest BCUT2D eigenvalue weighted by molar-refractivity contribution is 7.80. The fraction of sp³-hybridized carbons (Fsp3) is 0.429.